The van der Waals surface area contributed by atoms with Crippen molar-refractivity contribution in [2.45, 2.75) is 58.1 Å². The average Bonchev–Trinajstić information content (AvgIpc) is 2.35. The Hall–Kier alpha value is -0.380. The van der Waals surface area contributed by atoms with Crippen molar-refractivity contribution >= 4 is 0 Å². The number of nitrogens with one attached hydrogen (secondary N) is 1. The van der Waals surface area contributed by atoms with Crippen LogP contribution in [-0.2, 0) is 9.47 Å². The number of hydrogen-bond donors (Lipinski definition) is 1. The third-order valence-corrected chi connectivity index (χ3v) is 3.60. The van der Waals surface area contributed by atoms with Crippen LogP contribution in [0.1, 0.15) is 46.5 Å². The Morgan fingerprint density at radius 2 is 2.06 bits per heavy atom. The summed E-state index contributed by atoms with van der Waals surface area (Å²) in [7, 11) is 0. The summed E-state index contributed by atoms with van der Waals surface area (Å²) in [6, 6.07) is 0.360. The van der Waals surface area contributed by atoms with Gasteiger partial charge < -0.3 is 14.8 Å². The predicted molar refractivity (Wildman–Crippen MR) is 75.9 cm³/mol. The number of ether oxygens (including phenoxy) is 2. The van der Waals surface area contributed by atoms with E-state index in [9.17, 15) is 0 Å². The van der Waals surface area contributed by atoms with Crippen molar-refractivity contribution in [1.29, 1.82) is 0 Å². The monoisotopic (exact) mass is 255 g/mol. The van der Waals surface area contributed by atoms with Crippen LogP contribution in [0.4, 0.5) is 0 Å². The van der Waals surface area contributed by atoms with E-state index >= 15 is 0 Å². The van der Waals surface area contributed by atoms with Gasteiger partial charge in [-0.2, -0.15) is 0 Å². The van der Waals surface area contributed by atoms with Crippen LogP contribution in [-0.4, -0.2) is 38.0 Å². The molecular weight excluding hydrogens is 226 g/mol. The fourth-order valence-corrected chi connectivity index (χ4v) is 2.71. The average molecular weight is 255 g/mol. The molecule has 3 nitrogen and oxygen atoms in total. The van der Waals surface area contributed by atoms with Gasteiger partial charge in [-0.25, -0.2) is 0 Å². The fraction of sp³-hybridized carbons (Fsp3) is 0.867. The maximum atomic E-state index is 6.15. The Morgan fingerprint density at radius 1 is 1.39 bits per heavy atom. The zero-order chi connectivity index (χ0) is 13.4. The first kappa shape index (κ1) is 15.7. The third-order valence-electron chi connectivity index (χ3n) is 3.60. The lowest BCUT2D eigenvalue weighted by Gasteiger charge is -2.43. The van der Waals surface area contributed by atoms with E-state index in [0.29, 0.717) is 6.04 Å². The Bertz CT molecular complexity index is 241. The van der Waals surface area contributed by atoms with Crippen LogP contribution in [0.3, 0.4) is 0 Å². The normalized spacial score (nSPS) is 20.6. The van der Waals surface area contributed by atoms with Crippen molar-refractivity contribution in [3.8, 4) is 0 Å². The largest absolute Gasteiger partial charge is 0.381 e. The summed E-state index contributed by atoms with van der Waals surface area (Å²) in [4.78, 5) is 0. The highest BCUT2D eigenvalue weighted by Gasteiger charge is 2.40. The van der Waals surface area contributed by atoms with E-state index in [4.69, 9.17) is 9.47 Å². The highest BCUT2D eigenvalue weighted by Crippen LogP contribution is 2.31. The minimum absolute atomic E-state index is 0.0683. The van der Waals surface area contributed by atoms with Gasteiger partial charge in [-0.3, -0.25) is 0 Å². The molecule has 1 atom stereocenters. The number of hydrogen-bond acceptors (Lipinski definition) is 3. The van der Waals surface area contributed by atoms with Crippen molar-refractivity contribution in [3.05, 3.63) is 12.2 Å². The molecular formula is C15H29NO2. The lowest BCUT2D eigenvalue weighted by molar-refractivity contribution is -0.126. The standard InChI is InChI=1S/C15H29NO2/c1-5-9-16-14(12-13(3)4)15(18-6-2)7-10-17-11-8-15/h14,16H,3,5-12H2,1-2,4H3. The van der Waals surface area contributed by atoms with Gasteiger partial charge in [0.25, 0.3) is 0 Å². The highest BCUT2D eigenvalue weighted by molar-refractivity contribution is 5.03. The van der Waals surface area contributed by atoms with Gasteiger partial charge in [0.05, 0.1) is 5.60 Å². The minimum Gasteiger partial charge on any atom is -0.381 e. The van der Waals surface area contributed by atoms with Crippen LogP contribution < -0.4 is 5.32 Å². The van der Waals surface area contributed by atoms with E-state index in [0.717, 1.165) is 52.0 Å². The zero-order valence-corrected chi connectivity index (χ0v) is 12.3. The Morgan fingerprint density at radius 3 is 2.56 bits per heavy atom. The smallest absolute Gasteiger partial charge is 0.0881 e. The summed E-state index contributed by atoms with van der Waals surface area (Å²) < 4.78 is 11.6. The molecule has 18 heavy (non-hydrogen) atoms. The molecule has 0 spiro atoms. The van der Waals surface area contributed by atoms with Crippen molar-refractivity contribution in [2.75, 3.05) is 26.4 Å². The zero-order valence-electron chi connectivity index (χ0n) is 12.3. The first-order chi connectivity index (χ1) is 8.64. The SMILES string of the molecule is C=C(C)CC(NCCC)C1(OCC)CCOCC1. The molecule has 0 aromatic rings. The van der Waals surface area contributed by atoms with Crippen LogP contribution in [0.2, 0.25) is 0 Å². The lowest BCUT2D eigenvalue weighted by Crippen LogP contribution is -2.55. The van der Waals surface area contributed by atoms with Gasteiger partial charge in [0.2, 0.25) is 0 Å². The van der Waals surface area contributed by atoms with Crippen LogP contribution in [0.25, 0.3) is 0 Å². The van der Waals surface area contributed by atoms with Gasteiger partial charge in [-0.1, -0.05) is 12.5 Å². The van der Waals surface area contributed by atoms with E-state index < -0.39 is 0 Å². The van der Waals surface area contributed by atoms with Crippen molar-refractivity contribution < 1.29 is 9.47 Å². The van der Waals surface area contributed by atoms with Crippen molar-refractivity contribution in [1.82, 2.24) is 5.32 Å². The summed E-state index contributed by atoms with van der Waals surface area (Å²) in [5, 5.41) is 3.65. The molecule has 0 aromatic carbocycles. The van der Waals surface area contributed by atoms with E-state index in [1.54, 1.807) is 0 Å². The summed E-state index contributed by atoms with van der Waals surface area (Å²) in [6.45, 7) is 13.8. The fourth-order valence-electron chi connectivity index (χ4n) is 2.71. The molecule has 3 heteroatoms. The molecule has 0 aromatic heterocycles. The topological polar surface area (TPSA) is 30.5 Å². The predicted octanol–water partition coefficient (Wildman–Crippen LogP) is 2.91. The van der Waals surface area contributed by atoms with Crippen LogP contribution >= 0.6 is 0 Å². The van der Waals surface area contributed by atoms with E-state index in [2.05, 4.69) is 32.7 Å². The van der Waals surface area contributed by atoms with E-state index in [-0.39, 0.29) is 5.60 Å². The van der Waals surface area contributed by atoms with Gasteiger partial charge >= 0.3 is 0 Å². The second kappa shape index (κ2) is 7.93. The minimum atomic E-state index is -0.0683. The lowest BCUT2D eigenvalue weighted by atomic mass is 9.82. The molecule has 1 aliphatic heterocycles. The van der Waals surface area contributed by atoms with Gasteiger partial charge in [-0.05, 0) is 33.2 Å². The van der Waals surface area contributed by atoms with Gasteiger partial charge in [-0.15, -0.1) is 6.58 Å². The number of rotatable bonds is 8. The molecule has 1 fully saturated rings. The molecule has 0 saturated carbocycles. The van der Waals surface area contributed by atoms with E-state index in [1.165, 1.54) is 5.57 Å². The van der Waals surface area contributed by atoms with Gasteiger partial charge in [0.15, 0.2) is 0 Å². The third kappa shape index (κ3) is 4.38. The van der Waals surface area contributed by atoms with Crippen molar-refractivity contribution in [2.24, 2.45) is 0 Å². The molecule has 1 rings (SSSR count). The molecule has 1 heterocycles. The molecule has 1 N–H and O–H groups in total. The summed E-state index contributed by atoms with van der Waals surface area (Å²) in [5.74, 6) is 0. The maximum absolute atomic E-state index is 6.15. The molecule has 1 aliphatic rings. The molecule has 0 amide bonds. The van der Waals surface area contributed by atoms with Crippen molar-refractivity contribution in [3.63, 3.8) is 0 Å². The molecule has 106 valence electrons. The molecule has 1 unspecified atom stereocenters. The molecule has 0 aliphatic carbocycles. The Balaban J connectivity index is 2.76. The van der Waals surface area contributed by atoms with Gasteiger partial charge in [0.1, 0.15) is 0 Å². The Kier molecular flexibility index (Phi) is 6.90. The quantitative estimate of drug-likeness (QED) is 0.677. The Labute approximate surface area is 112 Å². The van der Waals surface area contributed by atoms with Crippen LogP contribution in [0.5, 0.6) is 0 Å². The second-order valence-electron chi connectivity index (χ2n) is 5.28. The molecule has 0 radical (unpaired) electrons. The second-order valence-corrected chi connectivity index (χ2v) is 5.28. The summed E-state index contributed by atoms with van der Waals surface area (Å²) >= 11 is 0. The van der Waals surface area contributed by atoms with Crippen LogP contribution in [0.15, 0.2) is 12.2 Å². The first-order valence-electron chi connectivity index (χ1n) is 7.24. The summed E-state index contributed by atoms with van der Waals surface area (Å²) in [6.07, 6.45) is 4.09. The highest BCUT2D eigenvalue weighted by atomic mass is 16.5. The molecule has 1 saturated heterocycles. The first-order valence-corrected chi connectivity index (χ1v) is 7.24. The maximum Gasteiger partial charge on any atom is 0.0881 e. The molecule has 0 bridgehead atoms. The van der Waals surface area contributed by atoms with Gasteiger partial charge in [0, 0.05) is 38.7 Å². The summed E-state index contributed by atoms with van der Waals surface area (Å²) in [5.41, 5.74) is 1.15. The van der Waals surface area contributed by atoms with Crippen LogP contribution in [0, 0.1) is 0 Å². The van der Waals surface area contributed by atoms with E-state index in [1.807, 2.05) is 0 Å².